The van der Waals surface area contributed by atoms with E-state index in [0.717, 1.165) is 31.2 Å². The largest absolute Gasteiger partial charge is 0.348 e. The number of nitrogens with zero attached hydrogens (tertiary/aromatic N) is 1. The molecule has 19 heavy (non-hydrogen) atoms. The van der Waals surface area contributed by atoms with Crippen LogP contribution in [0, 0.1) is 0 Å². The maximum Gasteiger partial charge on any atom is 0.251 e. The molecule has 0 aromatic heterocycles. The molecule has 2 aliphatic rings. The molecule has 1 aromatic rings. The summed E-state index contributed by atoms with van der Waals surface area (Å²) in [6, 6.07) is 8.27. The van der Waals surface area contributed by atoms with Gasteiger partial charge in [-0.2, -0.15) is 0 Å². The Hall–Kier alpha value is -1.59. The minimum absolute atomic E-state index is 0.00576. The van der Waals surface area contributed by atoms with E-state index >= 15 is 0 Å². The minimum atomic E-state index is 0.00576. The van der Waals surface area contributed by atoms with Crippen LogP contribution in [0.3, 0.4) is 0 Å². The fraction of sp³-hybridized carbons (Fsp3) is 0.500. The highest BCUT2D eigenvalue weighted by atomic mass is 16.1. The third-order valence-corrected chi connectivity index (χ3v) is 3.93. The summed E-state index contributed by atoms with van der Waals surface area (Å²) >= 11 is 0. The van der Waals surface area contributed by atoms with Crippen LogP contribution in [0.4, 0.5) is 5.69 Å². The standard InChI is InChI=1S/C14H20N4O/c15-17-11-3-1-10(2-4-11)14(19)16-12-7-8-18(9-12)13-5-6-13/h1-4,12-13,17H,5-9,15H2,(H,16,19). The van der Waals surface area contributed by atoms with Crippen LogP contribution >= 0.6 is 0 Å². The number of rotatable bonds is 4. The fourth-order valence-corrected chi connectivity index (χ4v) is 2.66. The van der Waals surface area contributed by atoms with Crippen molar-refractivity contribution in [2.75, 3.05) is 18.5 Å². The summed E-state index contributed by atoms with van der Waals surface area (Å²) in [6.07, 6.45) is 3.72. The number of carbonyl (C=O) groups excluding carboxylic acids is 1. The van der Waals surface area contributed by atoms with Gasteiger partial charge in [0.25, 0.3) is 5.91 Å². The molecular weight excluding hydrogens is 240 g/mol. The molecule has 0 bridgehead atoms. The van der Waals surface area contributed by atoms with E-state index in [1.54, 1.807) is 24.3 Å². The zero-order chi connectivity index (χ0) is 13.2. The van der Waals surface area contributed by atoms with Crippen LogP contribution in [-0.4, -0.2) is 36.0 Å². The zero-order valence-corrected chi connectivity index (χ0v) is 10.9. The topological polar surface area (TPSA) is 70.4 Å². The first kappa shape index (κ1) is 12.4. The van der Waals surface area contributed by atoms with Gasteiger partial charge in [0.05, 0.1) is 0 Å². The number of benzene rings is 1. The molecule has 5 nitrogen and oxygen atoms in total. The molecule has 5 heteroatoms. The Balaban J connectivity index is 1.55. The molecule has 1 aromatic carbocycles. The molecular formula is C14H20N4O. The van der Waals surface area contributed by atoms with Crippen LogP contribution in [0.5, 0.6) is 0 Å². The second-order valence-electron chi connectivity index (χ2n) is 5.41. The summed E-state index contributed by atoms with van der Waals surface area (Å²) in [4.78, 5) is 14.6. The number of carbonyl (C=O) groups is 1. The molecule has 0 radical (unpaired) electrons. The van der Waals surface area contributed by atoms with Crippen LogP contribution in [0.25, 0.3) is 0 Å². The Morgan fingerprint density at radius 1 is 1.21 bits per heavy atom. The highest BCUT2D eigenvalue weighted by Gasteiger charge is 2.34. The molecule has 1 aliphatic carbocycles. The maximum atomic E-state index is 12.1. The minimum Gasteiger partial charge on any atom is -0.348 e. The van der Waals surface area contributed by atoms with E-state index in [0.29, 0.717) is 11.6 Å². The summed E-state index contributed by atoms with van der Waals surface area (Å²) in [5.74, 6) is 5.31. The van der Waals surface area contributed by atoms with Crippen molar-refractivity contribution in [3.63, 3.8) is 0 Å². The van der Waals surface area contributed by atoms with Gasteiger partial charge in [-0.3, -0.25) is 15.5 Å². The van der Waals surface area contributed by atoms with Crippen molar-refractivity contribution < 1.29 is 4.79 Å². The van der Waals surface area contributed by atoms with E-state index in [1.165, 1.54) is 12.8 Å². The second-order valence-corrected chi connectivity index (χ2v) is 5.41. The van der Waals surface area contributed by atoms with Crippen molar-refractivity contribution in [1.82, 2.24) is 10.2 Å². The van der Waals surface area contributed by atoms with Gasteiger partial charge in [0.2, 0.25) is 0 Å². The Bertz CT molecular complexity index is 455. The van der Waals surface area contributed by atoms with Gasteiger partial charge in [0.1, 0.15) is 0 Å². The SMILES string of the molecule is NNc1ccc(C(=O)NC2CCN(C3CC3)C2)cc1. The van der Waals surface area contributed by atoms with Gasteiger partial charge in [-0.25, -0.2) is 0 Å². The van der Waals surface area contributed by atoms with Gasteiger partial charge in [-0.1, -0.05) is 0 Å². The molecule has 3 rings (SSSR count). The molecule has 4 N–H and O–H groups in total. The van der Waals surface area contributed by atoms with Gasteiger partial charge in [-0.15, -0.1) is 0 Å². The average Bonchev–Trinajstić information content (AvgIpc) is 3.20. The first-order valence-corrected chi connectivity index (χ1v) is 6.88. The molecule has 102 valence electrons. The number of hydrogen-bond acceptors (Lipinski definition) is 4. The lowest BCUT2D eigenvalue weighted by Crippen LogP contribution is -2.37. The van der Waals surface area contributed by atoms with Crippen molar-refractivity contribution in [3.05, 3.63) is 29.8 Å². The summed E-state index contributed by atoms with van der Waals surface area (Å²) < 4.78 is 0. The molecule has 1 heterocycles. The molecule has 1 unspecified atom stereocenters. The molecule has 0 spiro atoms. The predicted molar refractivity (Wildman–Crippen MR) is 74.7 cm³/mol. The van der Waals surface area contributed by atoms with Crippen molar-refractivity contribution in [3.8, 4) is 0 Å². The van der Waals surface area contributed by atoms with E-state index < -0.39 is 0 Å². The highest BCUT2D eigenvalue weighted by Crippen LogP contribution is 2.29. The third kappa shape index (κ3) is 2.88. The van der Waals surface area contributed by atoms with Crippen LogP contribution in [0.15, 0.2) is 24.3 Å². The third-order valence-electron chi connectivity index (χ3n) is 3.93. The van der Waals surface area contributed by atoms with Crippen LogP contribution in [0.2, 0.25) is 0 Å². The average molecular weight is 260 g/mol. The number of amides is 1. The summed E-state index contributed by atoms with van der Waals surface area (Å²) in [6.45, 7) is 2.12. The normalized spacial score (nSPS) is 23.3. The first-order valence-electron chi connectivity index (χ1n) is 6.88. The lowest BCUT2D eigenvalue weighted by molar-refractivity contribution is 0.0937. The molecule has 1 amide bonds. The van der Waals surface area contributed by atoms with E-state index in [1.807, 2.05) is 0 Å². The molecule has 1 atom stereocenters. The number of likely N-dealkylation sites (tertiary alicyclic amines) is 1. The van der Waals surface area contributed by atoms with Crippen molar-refractivity contribution in [1.29, 1.82) is 0 Å². The second kappa shape index (κ2) is 5.19. The number of anilines is 1. The van der Waals surface area contributed by atoms with Gasteiger partial charge >= 0.3 is 0 Å². The van der Waals surface area contributed by atoms with E-state index in [2.05, 4.69) is 15.6 Å². The Kier molecular flexibility index (Phi) is 3.40. The van der Waals surface area contributed by atoms with E-state index in [4.69, 9.17) is 5.84 Å². The maximum absolute atomic E-state index is 12.1. The van der Waals surface area contributed by atoms with Gasteiger partial charge in [-0.05, 0) is 43.5 Å². The summed E-state index contributed by atoms with van der Waals surface area (Å²) in [5, 5.41) is 3.11. The van der Waals surface area contributed by atoms with Crippen LogP contribution in [0.1, 0.15) is 29.6 Å². The number of nitrogens with one attached hydrogen (secondary N) is 2. The van der Waals surface area contributed by atoms with E-state index in [9.17, 15) is 4.79 Å². The lowest BCUT2D eigenvalue weighted by atomic mass is 10.1. The highest BCUT2D eigenvalue weighted by molar-refractivity contribution is 5.94. The molecule has 2 fully saturated rings. The Morgan fingerprint density at radius 2 is 1.95 bits per heavy atom. The lowest BCUT2D eigenvalue weighted by Gasteiger charge is -2.15. The van der Waals surface area contributed by atoms with Gasteiger partial charge in [0, 0.05) is 36.4 Å². The number of hydrogen-bond donors (Lipinski definition) is 3. The summed E-state index contributed by atoms with van der Waals surface area (Å²) in [5.41, 5.74) is 4.04. The molecule has 1 aliphatic heterocycles. The van der Waals surface area contributed by atoms with E-state index in [-0.39, 0.29) is 5.91 Å². The fourth-order valence-electron chi connectivity index (χ4n) is 2.66. The number of nitrogens with two attached hydrogens (primary N) is 1. The quantitative estimate of drug-likeness (QED) is 0.556. The Morgan fingerprint density at radius 3 is 2.58 bits per heavy atom. The van der Waals surface area contributed by atoms with Gasteiger partial charge in [0.15, 0.2) is 0 Å². The summed E-state index contributed by atoms with van der Waals surface area (Å²) in [7, 11) is 0. The smallest absolute Gasteiger partial charge is 0.251 e. The predicted octanol–water partition coefficient (Wildman–Crippen LogP) is 0.939. The van der Waals surface area contributed by atoms with Crippen molar-refractivity contribution in [2.24, 2.45) is 5.84 Å². The monoisotopic (exact) mass is 260 g/mol. The molecule has 1 saturated carbocycles. The molecule has 1 saturated heterocycles. The van der Waals surface area contributed by atoms with Crippen LogP contribution in [-0.2, 0) is 0 Å². The number of hydrazine groups is 1. The van der Waals surface area contributed by atoms with Gasteiger partial charge < -0.3 is 10.7 Å². The number of nitrogen functional groups attached to an aromatic ring is 1. The van der Waals surface area contributed by atoms with Crippen molar-refractivity contribution >= 4 is 11.6 Å². The van der Waals surface area contributed by atoms with Crippen LogP contribution < -0.4 is 16.6 Å². The first-order chi connectivity index (χ1) is 9.26. The van der Waals surface area contributed by atoms with Crippen molar-refractivity contribution in [2.45, 2.75) is 31.3 Å². The zero-order valence-electron chi connectivity index (χ0n) is 10.9. The Labute approximate surface area is 113 Å².